The van der Waals surface area contributed by atoms with Crippen LogP contribution >= 0.6 is 11.8 Å². The molecule has 0 radical (unpaired) electrons. The molecule has 0 fully saturated rings. The minimum atomic E-state index is -0.504. The topological polar surface area (TPSA) is 60.2 Å². The maximum Gasteiger partial charge on any atom is 0.286 e. The van der Waals surface area contributed by atoms with Gasteiger partial charge >= 0.3 is 0 Å². The summed E-state index contributed by atoms with van der Waals surface area (Å²) < 4.78 is 0. The largest absolute Gasteiger partial charge is 0.287 e. The van der Waals surface area contributed by atoms with Gasteiger partial charge in [0.2, 0.25) is 0 Å². The second-order valence-electron chi connectivity index (χ2n) is 4.43. The highest BCUT2D eigenvalue weighted by Crippen LogP contribution is 2.19. The zero-order valence-corrected chi connectivity index (χ0v) is 13.0. The predicted octanol–water partition coefficient (Wildman–Crippen LogP) is 3.58. The Bertz CT molecular complexity index is 868. The van der Waals surface area contributed by atoms with E-state index in [9.17, 15) is 14.9 Å². The van der Waals surface area contributed by atoms with Crippen LogP contribution in [0, 0.1) is 33.1 Å². The van der Waals surface area contributed by atoms with Crippen LogP contribution in [-0.2, 0) is 4.79 Å². The van der Waals surface area contributed by atoms with Gasteiger partial charge in [0.25, 0.3) is 5.69 Å². The molecule has 0 N–H and O–H groups in total. The molecule has 112 valence electrons. The first-order valence-electron chi connectivity index (χ1n) is 6.60. The molecular weight excluding hydrogens is 310 g/mol. The van der Waals surface area contributed by atoms with Crippen molar-refractivity contribution in [2.75, 3.05) is 0 Å². The Labute approximate surface area is 138 Å². The molecule has 0 amide bonds. The van der Waals surface area contributed by atoms with Crippen LogP contribution in [-0.4, -0.2) is 10.0 Å². The molecule has 5 heteroatoms. The average Bonchev–Trinajstić information content (AvgIpc) is 2.54. The number of carbonyl (C=O) groups excluding carboxylic acids is 1. The molecule has 2 aromatic rings. The molecule has 0 aliphatic rings. The summed E-state index contributed by atoms with van der Waals surface area (Å²) >= 11 is 0.808. The number of nitro benzene ring substituents is 1. The number of hydrogen-bond donors (Lipinski definition) is 0. The zero-order chi connectivity index (χ0) is 16.7. The quantitative estimate of drug-likeness (QED) is 0.457. The van der Waals surface area contributed by atoms with E-state index in [-0.39, 0.29) is 16.4 Å². The van der Waals surface area contributed by atoms with Crippen LogP contribution in [0.15, 0.2) is 48.5 Å². The predicted molar refractivity (Wildman–Crippen MR) is 90.7 cm³/mol. The smallest absolute Gasteiger partial charge is 0.286 e. The van der Waals surface area contributed by atoms with Crippen molar-refractivity contribution in [1.29, 1.82) is 0 Å². The van der Waals surface area contributed by atoms with Gasteiger partial charge in [0.15, 0.2) is 5.12 Å². The van der Waals surface area contributed by atoms with Gasteiger partial charge < -0.3 is 0 Å². The summed E-state index contributed by atoms with van der Waals surface area (Å²) in [6.07, 6.45) is 0. The first-order chi connectivity index (χ1) is 11.1. The second kappa shape index (κ2) is 7.84. The molecule has 2 rings (SSSR count). The Hall–Kier alpha value is -3.02. The highest BCUT2D eigenvalue weighted by molar-refractivity contribution is 8.17. The number of carbonyl (C=O) groups is 1. The van der Waals surface area contributed by atoms with Gasteiger partial charge in [-0.3, -0.25) is 14.9 Å². The highest BCUT2D eigenvalue weighted by atomic mass is 32.2. The highest BCUT2D eigenvalue weighted by Gasteiger charge is 2.12. The molecule has 0 bridgehead atoms. The minimum Gasteiger partial charge on any atom is -0.287 e. The number of thioether (sulfide) groups is 1. The SMILES string of the molecule is CC(=O)SC#Cc1ccc(C#Cc2ccccc2)cc1[N+](=O)[O-]. The van der Waals surface area contributed by atoms with Crippen LogP contribution < -0.4 is 0 Å². The van der Waals surface area contributed by atoms with E-state index in [1.807, 2.05) is 30.3 Å². The van der Waals surface area contributed by atoms with Gasteiger partial charge in [0, 0.05) is 35.9 Å². The van der Waals surface area contributed by atoms with Gasteiger partial charge in [-0.05, 0) is 35.4 Å². The summed E-state index contributed by atoms with van der Waals surface area (Å²) in [7, 11) is 0. The molecule has 4 nitrogen and oxygen atoms in total. The molecule has 0 saturated carbocycles. The Morgan fingerprint density at radius 2 is 1.74 bits per heavy atom. The number of rotatable bonds is 1. The van der Waals surface area contributed by atoms with E-state index in [0.29, 0.717) is 5.56 Å². The first kappa shape index (κ1) is 16.4. The third kappa shape index (κ3) is 5.03. The molecule has 0 aromatic heterocycles. The standard InChI is InChI=1S/C18H11NO3S/c1-14(20)23-12-11-17-10-9-16(13-18(17)19(21)22)8-7-15-5-3-2-4-6-15/h2-6,9-10,13H,1H3. The fourth-order valence-electron chi connectivity index (χ4n) is 1.68. The van der Waals surface area contributed by atoms with Crippen LogP contribution in [0.4, 0.5) is 5.69 Å². The van der Waals surface area contributed by atoms with Crippen molar-refractivity contribution in [2.24, 2.45) is 0 Å². The lowest BCUT2D eigenvalue weighted by molar-refractivity contribution is -0.385. The van der Waals surface area contributed by atoms with E-state index in [0.717, 1.165) is 17.3 Å². The van der Waals surface area contributed by atoms with Crippen LogP contribution in [0.25, 0.3) is 0 Å². The summed E-state index contributed by atoms with van der Waals surface area (Å²) in [5.74, 6) is 8.47. The average molecular weight is 321 g/mol. The van der Waals surface area contributed by atoms with E-state index in [2.05, 4.69) is 23.0 Å². The van der Waals surface area contributed by atoms with E-state index >= 15 is 0 Å². The lowest BCUT2D eigenvalue weighted by Gasteiger charge is -1.96. The van der Waals surface area contributed by atoms with Gasteiger partial charge in [-0.15, -0.1) is 0 Å². The van der Waals surface area contributed by atoms with Gasteiger partial charge in [-0.1, -0.05) is 30.0 Å². The molecule has 0 aliphatic carbocycles. The zero-order valence-electron chi connectivity index (χ0n) is 12.2. The lowest BCUT2D eigenvalue weighted by Crippen LogP contribution is -1.93. The van der Waals surface area contributed by atoms with Crippen molar-refractivity contribution < 1.29 is 9.72 Å². The number of hydrogen-bond acceptors (Lipinski definition) is 4. The van der Waals surface area contributed by atoms with E-state index in [1.54, 1.807) is 12.1 Å². The van der Waals surface area contributed by atoms with Crippen LogP contribution in [0.1, 0.15) is 23.6 Å². The molecule has 0 spiro atoms. The van der Waals surface area contributed by atoms with Crippen molar-refractivity contribution in [3.63, 3.8) is 0 Å². The molecule has 0 aliphatic heterocycles. The van der Waals surface area contributed by atoms with Crippen molar-refractivity contribution in [1.82, 2.24) is 0 Å². The van der Waals surface area contributed by atoms with Crippen molar-refractivity contribution in [3.8, 4) is 23.0 Å². The summed E-state index contributed by atoms with van der Waals surface area (Å²) in [5.41, 5.74) is 1.50. The third-order valence-corrected chi connectivity index (χ3v) is 3.19. The Morgan fingerprint density at radius 1 is 1.04 bits per heavy atom. The fraction of sp³-hybridized carbons (Fsp3) is 0.0556. The van der Waals surface area contributed by atoms with Gasteiger partial charge in [0.1, 0.15) is 5.56 Å². The fourth-order valence-corrected chi connectivity index (χ4v) is 1.99. The van der Waals surface area contributed by atoms with Crippen LogP contribution in [0.2, 0.25) is 0 Å². The van der Waals surface area contributed by atoms with Crippen molar-refractivity contribution in [3.05, 3.63) is 75.3 Å². The number of nitrogens with zero attached hydrogens (tertiary/aromatic N) is 1. The summed E-state index contributed by atoms with van der Waals surface area (Å²) in [4.78, 5) is 21.5. The first-order valence-corrected chi connectivity index (χ1v) is 7.42. The number of benzene rings is 2. The van der Waals surface area contributed by atoms with Crippen LogP contribution in [0.5, 0.6) is 0 Å². The molecule has 0 atom stereocenters. The molecule has 0 heterocycles. The molecule has 23 heavy (non-hydrogen) atoms. The van der Waals surface area contributed by atoms with Gasteiger partial charge in [-0.25, -0.2) is 0 Å². The Morgan fingerprint density at radius 3 is 2.39 bits per heavy atom. The molecule has 0 unspecified atom stereocenters. The van der Waals surface area contributed by atoms with E-state index in [1.165, 1.54) is 13.0 Å². The normalized spacial score (nSPS) is 9.09. The van der Waals surface area contributed by atoms with Gasteiger partial charge in [0.05, 0.1) is 4.92 Å². The Kier molecular flexibility index (Phi) is 5.57. The minimum absolute atomic E-state index is 0.124. The maximum absolute atomic E-state index is 11.2. The molecule has 0 saturated heterocycles. The summed E-state index contributed by atoms with van der Waals surface area (Å²) in [6.45, 7) is 1.38. The molecular formula is C18H11NO3S. The second-order valence-corrected chi connectivity index (χ2v) is 5.41. The summed E-state index contributed by atoms with van der Waals surface area (Å²) in [5, 5.41) is 13.5. The number of nitro groups is 1. The van der Waals surface area contributed by atoms with E-state index < -0.39 is 4.92 Å². The van der Waals surface area contributed by atoms with Crippen LogP contribution in [0.3, 0.4) is 0 Å². The molecule has 2 aromatic carbocycles. The van der Waals surface area contributed by atoms with E-state index in [4.69, 9.17) is 0 Å². The monoisotopic (exact) mass is 321 g/mol. The Balaban J connectivity index is 2.32. The summed E-state index contributed by atoms with van der Waals surface area (Å²) in [6, 6.07) is 14.0. The van der Waals surface area contributed by atoms with Crippen molar-refractivity contribution in [2.45, 2.75) is 6.92 Å². The van der Waals surface area contributed by atoms with Gasteiger partial charge in [-0.2, -0.15) is 0 Å². The lowest BCUT2D eigenvalue weighted by atomic mass is 10.1. The third-order valence-electron chi connectivity index (χ3n) is 2.70. The maximum atomic E-state index is 11.2. The van der Waals surface area contributed by atoms with Crippen molar-refractivity contribution >= 4 is 22.6 Å².